The number of carbonyl (C=O) groups is 1. The number of hydrogen-bond donors (Lipinski definition) is 1. The van der Waals surface area contributed by atoms with E-state index in [1.54, 1.807) is 53.6 Å². The number of anilines is 1. The van der Waals surface area contributed by atoms with E-state index in [1.165, 1.54) is 12.4 Å². The molecule has 11 nitrogen and oxygen atoms in total. The molecular weight excluding hydrogens is 380 g/mol. The molecule has 0 aliphatic carbocycles. The van der Waals surface area contributed by atoms with Crippen LogP contribution in [-0.4, -0.2) is 30.3 Å². The normalized spacial score (nSPS) is 10.5. The number of hydrogen-bond acceptors (Lipinski definition) is 8. The molecule has 1 aromatic carbocycles. The molecule has 4 rings (SSSR count). The molecule has 0 spiro atoms. The van der Waals surface area contributed by atoms with Crippen molar-refractivity contribution in [1.29, 1.82) is 0 Å². The molecule has 1 amide bonds. The number of aromatic nitrogens is 4. The third-order valence-electron chi connectivity index (χ3n) is 3.73. The third kappa shape index (κ3) is 4.08. The van der Waals surface area contributed by atoms with Crippen LogP contribution < -0.4 is 10.1 Å². The van der Waals surface area contributed by atoms with Crippen molar-refractivity contribution in [2.24, 2.45) is 0 Å². The van der Waals surface area contributed by atoms with Crippen LogP contribution in [0.1, 0.15) is 10.6 Å². The second kappa shape index (κ2) is 7.60. The highest BCUT2D eigenvalue weighted by atomic mass is 16.6. The molecule has 4 aromatic rings. The van der Waals surface area contributed by atoms with Gasteiger partial charge in [-0.2, -0.15) is 0 Å². The van der Waals surface area contributed by atoms with Gasteiger partial charge in [0.2, 0.25) is 5.88 Å². The van der Waals surface area contributed by atoms with Crippen LogP contribution in [0.15, 0.2) is 71.9 Å². The van der Waals surface area contributed by atoms with Crippen LogP contribution in [0.2, 0.25) is 0 Å². The van der Waals surface area contributed by atoms with Gasteiger partial charge >= 0.3 is 5.88 Å². The van der Waals surface area contributed by atoms with Crippen molar-refractivity contribution < 1.29 is 18.9 Å². The number of rotatable bonds is 6. The van der Waals surface area contributed by atoms with Gasteiger partial charge in [-0.1, -0.05) is 0 Å². The van der Waals surface area contributed by atoms with E-state index in [0.29, 0.717) is 23.1 Å². The number of imidazole rings is 1. The molecule has 0 unspecified atom stereocenters. The zero-order valence-corrected chi connectivity index (χ0v) is 14.6. The van der Waals surface area contributed by atoms with Gasteiger partial charge in [0.05, 0.1) is 6.07 Å². The Kier molecular flexibility index (Phi) is 4.68. The molecular formula is C18H12N6O5. The maximum Gasteiger partial charge on any atom is 0.433 e. The van der Waals surface area contributed by atoms with Crippen LogP contribution in [0.4, 0.5) is 11.6 Å². The van der Waals surface area contributed by atoms with E-state index in [-0.39, 0.29) is 5.76 Å². The lowest BCUT2D eigenvalue weighted by Gasteiger charge is -2.08. The van der Waals surface area contributed by atoms with Gasteiger partial charge in [0.1, 0.15) is 29.1 Å². The Morgan fingerprint density at radius 1 is 1.17 bits per heavy atom. The summed E-state index contributed by atoms with van der Waals surface area (Å²) in [5.41, 5.74) is 0.461. The fourth-order valence-electron chi connectivity index (χ4n) is 2.39. The minimum atomic E-state index is -0.714. The maximum atomic E-state index is 12.1. The molecule has 0 aliphatic heterocycles. The van der Waals surface area contributed by atoms with E-state index in [9.17, 15) is 14.9 Å². The first kappa shape index (κ1) is 17.9. The van der Waals surface area contributed by atoms with Crippen molar-refractivity contribution in [3.05, 3.63) is 83.4 Å². The van der Waals surface area contributed by atoms with E-state index < -0.39 is 16.7 Å². The second-order valence-corrected chi connectivity index (χ2v) is 5.66. The van der Waals surface area contributed by atoms with Crippen LogP contribution >= 0.6 is 0 Å². The predicted octanol–water partition coefficient (Wildman–Crippen LogP) is 3.21. The Bertz CT molecular complexity index is 1150. The first-order valence-electron chi connectivity index (χ1n) is 8.22. The van der Waals surface area contributed by atoms with Gasteiger partial charge in [-0.3, -0.25) is 19.5 Å². The van der Waals surface area contributed by atoms with Crippen molar-refractivity contribution in [3.63, 3.8) is 0 Å². The third-order valence-corrected chi connectivity index (χ3v) is 3.73. The second-order valence-electron chi connectivity index (χ2n) is 5.66. The maximum absolute atomic E-state index is 12.1. The molecule has 144 valence electrons. The van der Waals surface area contributed by atoms with Crippen molar-refractivity contribution in [2.45, 2.75) is 0 Å². The summed E-state index contributed by atoms with van der Waals surface area (Å²) in [6, 6.07) is 10.5. The smallest absolute Gasteiger partial charge is 0.433 e. The number of amides is 1. The number of benzene rings is 1. The number of ether oxygens (including phenoxy) is 1. The molecule has 0 fully saturated rings. The zero-order valence-electron chi connectivity index (χ0n) is 14.6. The molecule has 0 aliphatic rings. The lowest BCUT2D eigenvalue weighted by Crippen LogP contribution is -2.10. The van der Waals surface area contributed by atoms with Crippen molar-refractivity contribution in [3.8, 4) is 17.4 Å². The number of carbonyl (C=O) groups excluding carboxylic acids is 1. The van der Waals surface area contributed by atoms with Crippen molar-refractivity contribution in [1.82, 2.24) is 19.5 Å². The quantitative estimate of drug-likeness (QED) is 0.390. The zero-order chi connectivity index (χ0) is 20.2. The molecule has 11 heteroatoms. The molecule has 0 bridgehead atoms. The fraction of sp³-hybridized carbons (Fsp3) is 0. The highest BCUT2D eigenvalue weighted by Gasteiger charge is 2.17. The highest BCUT2D eigenvalue weighted by Crippen LogP contribution is 2.23. The molecule has 3 heterocycles. The van der Waals surface area contributed by atoms with Gasteiger partial charge in [-0.25, -0.2) is 15.0 Å². The Balaban J connectivity index is 1.42. The minimum Gasteiger partial charge on any atom is -0.439 e. The summed E-state index contributed by atoms with van der Waals surface area (Å²) in [6.07, 6.45) is 6.37. The summed E-state index contributed by atoms with van der Waals surface area (Å²) in [4.78, 5) is 34.2. The van der Waals surface area contributed by atoms with Crippen LogP contribution in [-0.2, 0) is 0 Å². The molecule has 3 aromatic heterocycles. The summed E-state index contributed by atoms with van der Waals surface area (Å²) >= 11 is 0. The van der Waals surface area contributed by atoms with Gasteiger partial charge < -0.3 is 14.5 Å². The topological polar surface area (TPSA) is 138 Å². The summed E-state index contributed by atoms with van der Waals surface area (Å²) in [7, 11) is 0. The van der Waals surface area contributed by atoms with Gasteiger partial charge in [0, 0.05) is 24.1 Å². The van der Waals surface area contributed by atoms with E-state index in [4.69, 9.17) is 9.15 Å². The monoisotopic (exact) mass is 392 g/mol. The van der Waals surface area contributed by atoms with Gasteiger partial charge in [-0.05, 0) is 30.3 Å². The Labute approximate surface area is 162 Å². The summed E-state index contributed by atoms with van der Waals surface area (Å²) in [6.45, 7) is 0. The molecule has 0 saturated heterocycles. The van der Waals surface area contributed by atoms with Crippen molar-refractivity contribution >= 4 is 17.5 Å². The average molecular weight is 392 g/mol. The van der Waals surface area contributed by atoms with Crippen LogP contribution in [0.5, 0.6) is 11.6 Å². The van der Waals surface area contributed by atoms with Gasteiger partial charge in [0.15, 0.2) is 5.76 Å². The Morgan fingerprint density at radius 2 is 2.00 bits per heavy atom. The van der Waals surface area contributed by atoms with Crippen LogP contribution in [0, 0.1) is 10.1 Å². The molecule has 1 N–H and O–H groups in total. The summed E-state index contributed by atoms with van der Waals surface area (Å²) in [5.74, 6) is 0.163. The first-order chi connectivity index (χ1) is 14.1. The number of furan rings is 1. The van der Waals surface area contributed by atoms with Crippen LogP contribution in [0.3, 0.4) is 0 Å². The van der Waals surface area contributed by atoms with Gasteiger partial charge in [0.25, 0.3) is 5.91 Å². The lowest BCUT2D eigenvalue weighted by atomic mass is 10.3. The standard InChI is InChI=1S/C18H12N6O5/c25-18(14-5-6-17(29-14)24(26)27)22-12-1-3-13(4-2-12)28-16-9-15(20-10-21-16)23-8-7-19-11-23/h1-11H,(H,22,25). The molecule has 0 saturated carbocycles. The molecule has 0 radical (unpaired) electrons. The number of nitro groups is 1. The SMILES string of the molecule is O=C(Nc1ccc(Oc2cc(-n3ccnc3)ncn2)cc1)c1ccc([N+](=O)[O-])o1. The molecule has 29 heavy (non-hydrogen) atoms. The summed E-state index contributed by atoms with van der Waals surface area (Å²) in [5, 5.41) is 13.2. The Morgan fingerprint density at radius 3 is 2.69 bits per heavy atom. The van der Waals surface area contributed by atoms with E-state index in [2.05, 4.69) is 20.3 Å². The number of nitrogens with one attached hydrogen (secondary N) is 1. The molecule has 0 atom stereocenters. The first-order valence-corrected chi connectivity index (χ1v) is 8.22. The predicted molar refractivity (Wildman–Crippen MR) is 99.0 cm³/mol. The Hall–Kier alpha value is -4.54. The van der Waals surface area contributed by atoms with Gasteiger partial charge in [-0.15, -0.1) is 0 Å². The van der Waals surface area contributed by atoms with Crippen LogP contribution in [0.25, 0.3) is 5.82 Å². The number of nitrogens with zero attached hydrogens (tertiary/aromatic N) is 5. The van der Waals surface area contributed by atoms with Crippen molar-refractivity contribution in [2.75, 3.05) is 5.32 Å². The fourth-order valence-corrected chi connectivity index (χ4v) is 2.39. The summed E-state index contributed by atoms with van der Waals surface area (Å²) < 4.78 is 12.3. The largest absolute Gasteiger partial charge is 0.439 e. The average Bonchev–Trinajstić information content (AvgIpc) is 3.42. The highest BCUT2D eigenvalue weighted by molar-refractivity contribution is 6.02. The van der Waals surface area contributed by atoms with E-state index >= 15 is 0 Å². The van der Waals surface area contributed by atoms with E-state index in [1.807, 2.05) is 0 Å². The minimum absolute atomic E-state index is 0.162. The lowest BCUT2D eigenvalue weighted by molar-refractivity contribution is -0.402. The van der Waals surface area contributed by atoms with E-state index in [0.717, 1.165) is 6.07 Å².